The second kappa shape index (κ2) is 7.37. The molecule has 0 unspecified atom stereocenters. The van der Waals surface area contributed by atoms with Gasteiger partial charge in [-0.1, -0.05) is 11.6 Å². The minimum absolute atomic E-state index is 0.0132. The minimum atomic E-state index is -4.92. The monoisotopic (exact) mass is 456 g/mol. The van der Waals surface area contributed by atoms with Crippen molar-refractivity contribution in [2.75, 3.05) is 4.31 Å². The molecule has 30 heavy (non-hydrogen) atoms. The molecule has 1 aliphatic heterocycles. The number of sulfonamides is 1. The van der Waals surface area contributed by atoms with Gasteiger partial charge in [-0.15, -0.1) is 13.2 Å². The molecule has 0 amide bonds. The van der Waals surface area contributed by atoms with Crippen LogP contribution in [0.2, 0.25) is 5.02 Å². The predicted octanol–water partition coefficient (Wildman–Crippen LogP) is 5.13. The third-order valence-corrected chi connectivity index (χ3v) is 6.38. The lowest BCUT2D eigenvalue weighted by Gasteiger charge is -2.19. The third-order valence-electron chi connectivity index (χ3n) is 4.20. The summed E-state index contributed by atoms with van der Waals surface area (Å²) < 4.78 is 74.0. The van der Waals surface area contributed by atoms with Gasteiger partial charge in [0.1, 0.15) is 17.2 Å². The first-order chi connectivity index (χ1) is 14.1. The van der Waals surface area contributed by atoms with Crippen molar-refractivity contribution in [3.8, 4) is 17.2 Å². The standard InChI is InChI=1S/C19H12ClF3N2O4S/c20-16-5-3-14(29-19(21,22)23)9-17(16)25-11-12-8-13(4-6-18(12)30(25,26)27)28-15-2-1-7-24-10-15/h1-10H,11H2. The molecule has 0 radical (unpaired) electrons. The van der Waals surface area contributed by atoms with Gasteiger partial charge in [0.05, 0.1) is 28.3 Å². The van der Waals surface area contributed by atoms with Crippen molar-refractivity contribution in [2.45, 2.75) is 17.8 Å². The van der Waals surface area contributed by atoms with E-state index in [2.05, 4.69) is 9.72 Å². The summed E-state index contributed by atoms with van der Waals surface area (Å²) in [5.41, 5.74) is 0.291. The number of rotatable bonds is 4. The van der Waals surface area contributed by atoms with Crippen LogP contribution in [-0.4, -0.2) is 19.8 Å². The van der Waals surface area contributed by atoms with Crippen LogP contribution < -0.4 is 13.8 Å². The Morgan fingerprint density at radius 1 is 1.03 bits per heavy atom. The van der Waals surface area contributed by atoms with Crippen molar-refractivity contribution in [3.63, 3.8) is 0 Å². The van der Waals surface area contributed by atoms with Crippen LogP contribution in [0, 0.1) is 0 Å². The molecule has 11 heteroatoms. The van der Waals surface area contributed by atoms with Gasteiger partial charge in [0.15, 0.2) is 0 Å². The van der Waals surface area contributed by atoms with Crippen molar-refractivity contribution < 1.29 is 31.1 Å². The number of fused-ring (bicyclic) bond motifs is 1. The Morgan fingerprint density at radius 3 is 2.50 bits per heavy atom. The zero-order valence-electron chi connectivity index (χ0n) is 14.9. The molecule has 0 saturated heterocycles. The lowest BCUT2D eigenvalue weighted by Crippen LogP contribution is -2.24. The number of aromatic nitrogens is 1. The van der Waals surface area contributed by atoms with Crippen LogP contribution in [0.4, 0.5) is 18.9 Å². The maximum Gasteiger partial charge on any atom is 0.573 e. The van der Waals surface area contributed by atoms with E-state index < -0.39 is 22.1 Å². The van der Waals surface area contributed by atoms with Gasteiger partial charge < -0.3 is 9.47 Å². The molecule has 0 spiro atoms. The van der Waals surface area contributed by atoms with Crippen LogP contribution in [0.3, 0.4) is 0 Å². The summed E-state index contributed by atoms with van der Waals surface area (Å²) in [5.74, 6) is 0.280. The van der Waals surface area contributed by atoms with Crippen LogP contribution >= 0.6 is 11.6 Å². The number of halogens is 4. The van der Waals surface area contributed by atoms with Gasteiger partial charge in [0.2, 0.25) is 0 Å². The molecular weight excluding hydrogens is 445 g/mol. The number of pyridine rings is 1. The largest absolute Gasteiger partial charge is 0.573 e. The van der Waals surface area contributed by atoms with Gasteiger partial charge in [-0.05, 0) is 48.0 Å². The molecule has 0 N–H and O–H groups in total. The summed E-state index contributed by atoms with van der Waals surface area (Å²) in [6.07, 6.45) is -1.83. The Kier molecular flexibility index (Phi) is 4.99. The number of benzene rings is 2. The Bertz CT molecular complexity index is 1200. The van der Waals surface area contributed by atoms with Crippen LogP contribution in [0.15, 0.2) is 65.8 Å². The second-order valence-electron chi connectivity index (χ2n) is 6.23. The van der Waals surface area contributed by atoms with E-state index >= 15 is 0 Å². The molecule has 1 aromatic heterocycles. The Balaban J connectivity index is 1.67. The van der Waals surface area contributed by atoms with Gasteiger partial charge in [0.25, 0.3) is 10.0 Å². The summed E-state index contributed by atoms with van der Waals surface area (Å²) in [7, 11) is -4.03. The number of alkyl halides is 3. The first kappa shape index (κ1) is 20.3. The Labute approximate surface area is 174 Å². The van der Waals surface area contributed by atoms with E-state index in [4.69, 9.17) is 16.3 Å². The van der Waals surface area contributed by atoms with Crippen LogP contribution in [0.25, 0.3) is 0 Å². The molecule has 6 nitrogen and oxygen atoms in total. The number of ether oxygens (including phenoxy) is 2. The molecule has 2 heterocycles. The summed E-state index contributed by atoms with van der Waals surface area (Å²) in [5, 5.41) is -0.0345. The fraction of sp³-hybridized carbons (Fsp3) is 0.105. The van der Waals surface area contributed by atoms with E-state index in [9.17, 15) is 21.6 Å². The highest BCUT2D eigenvalue weighted by molar-refractivity contribution is 7.93. The summed E-state index contributed by atoms with van der Waals surface area (Å²) in [6, 6.07) is 10.9. The van der Waals surface area contributed by atoms with E-state index in [1.807, 2.05) is 0 Å². The van der Waals surface area contributed by atoms with Crippen molar-refractivity contribution >= 4 is 27.3 Å². The summed E-state index contributed by atoms with van der Waals surface area (Å²) in [4.78, 5) is 3.95. The summed E-state index contributed by atoms with van der Waals surface area (Å²) in [6.45, 7) is -0.128. The van der Waals surface area contributed by atoms with Crippen LogP contribution in [0.5, 0.6) is 17.2 Å². The number of anilines is 1. The Morgan fingerprint density at radius 2 is 1.80 bits per heavy atom. The van der Waals surface area contributed by atoms with E-state index in [0.717, 1.165) is 22.5 Å². The Hall–Kier alpha value is -2.98. The molecular formula is C19H12ClF3N2O4S. The lowest BCUT2D eigenvalue weighted by molar-refractivity contribution is -0.274. The van der Waals surface area contributed by atoms with Gasteiger partial charge in [0, 0.05) is 12.3 Å². The SMILES string of the molecule is O=S1(=O)c2ccc(Oc3cccnc3)cc2CN1c1cc(OC(F)(F)F)ccc1Cl. The molecule has 3 aromatic rings. The number of hydrogen-bond donors (Lipinski definition) is 0. The first-order valence-electron chi connectivity index (χ1n) is 8.42. The molecule has 0 saturated carbocycles. The third kappa shape index (κ3) is 4.01. The minimum Gasteiger partial charge on any atom is -0.456 e. The average molecular weight is 457 g/mol. The quantitative estimate of drug-likeness (QED) is 0.544. The molecule has 0 bridgehead atoms. The van der Waals surface area contributed by atoms with E-state index in [1.165, 1.54) is 18.3 Å². The normalized spacial score (nSPS) is 15.0. The number of nitrogens with zero attached hydrogens (tertiary/aromatic N) is 2. The van der Waals surface area contributed by atoms with Gasteiger partial charge >= 0.3 is 6.36 Å². The van der Waals surface area contributed by atoms with Gasteiger partial charge in [-0.25, -0.2) is 8.42 Å². The highest BCUT2D eigenvalue weighted by atomic mass is 35.5. The van der Waals surface area contributed by atoms with Crippen molar-refractivity contribution in [2.24, 2.45) is 0 Å². The molecule has 0 aliphatic carbocycles. The van der Waals surface area contributed by atoms with Crippen LogP contribution in [0.1, 0.15) is 5.56 Å². The molecule has 2 aromatic carbocycles. The van der Waals surface area contributed by atoms with E-state index in [0.29, 0.717) is 17.1 Å². The van der Waals surface area contributed by atoms with Crippen molar-refractivity contribution in [1.29, 1.82) is 0 Å². The first-order valence-corrected chi connectivity index (χ1v) is 10.2. The maximum atomic E-state index is 13.0. The number of hydrogen-bond acceptors (Lipinski definition) is 5. The fourth-order valence-electron chi connectivity index (χ4n) is 2.99. The zero-order chi connectivity index (χ0) is 21.5. The second-order valence-corrected chi connectivity index (χ2v) is 8.47. The average Bonchev–Trinajstić information content (AvgIpc) is 2.93. The van der Waals surface area contributed by atoms with E-state index in [-0.39, 0.29) is 22.2 Å². The van der Waals surface area contributed by atoms with Crippen molar-refractivity contribution in [3.05, 3.63) is 71.5 Å². The topological polar surface area (TPSA) is 68.7 Å². The molecule has 0 atom stereocenters. The van der Waals surface area contributed by atoms with Gasteiger partial charge in [-0.3, -0.25) is 9.29 Å². The van der Waals surface area contributed by atoms with Crippen molar-refractivity contribution in [1.82, 2.24) is 4.98 Å². The highest BCUT2D eigenvalue weighted by Crippen LogP contribution is 2.41. The predicted molar refractivity (Wildman–Crippen MR) is 102 cm³/mol. The van der Waals surface area contributed by atoms with Gasteiger partial charge in [-0.2, -0.15) is 0 Å². The molecule has 1 aliphatic rings. The summed E-state index contributed by atoms with van der Waals surface area (Å²) >= 11 is 6.08. The van der Waals surface area contributed by atoms with E-state index in [1.54, 1.807) is 24.4 Å². The zero-order valence-corrected chi connectivity index (χ0v) is 16.5. The van der Waals surface area contributed by atoms with Crippen LogP contribution in [-0.2, 0) is 16.6 Å². The maximum absolute atomic E-state index is 13.0. The smallest absolute Gasteiger partial charge is 0.456 e. The lowest BCUT2D eigenvalue weighted by atomic mass is 10.2. The fourth-order valence-corrected chi connectivity index (χ4v) is 4.91. The molecule has 0 fully saturated rings. The highest BCUT2D eigenvalue weighted by Gasteiger charge is 2.37. The molecule has 4 rings (SSSR count). The molecule has 156 valence electrons.